The SMILES string of the molecule is O=C(NCCCNc1ccnc2cc(Cl)ccc12)[C@@H]1CCCN(Cc2ccc(Cl)cc2Cl)C1. The maximum Gasteiger partial charge on any atom is 0.224 e. The van der Waals surface area contributed by atoms with Crippen molar-refractivity contribution in [3.05, 3.63) is 69.3 Å². The fourth-order valence-electron chi connectivity index (χ4n) is 4.25. The van der Waals surface area contributed by atoms with Gasteiger partial charge in [-0.05, 0) is 67.8 Å². The number of fused-ring (bicyclic) bond motifs is 1. The van der Waals surface area contributed by atoms with Crippen molar-refractivity contribution in [1.82, 2.24) is 15.2 Å². The van der Waals surface area contributed by atoms with Crippen LogP contribution in [0.4, 0.5) is 5.69 Å². The van der Waals surface area contributed by atoms with Crippen molar-refractivity contribution >= 4 is 57.3 Å². The number of halogens is 3. The number of likely N-dealkylation sites (tertiary alicyclic amines) is 1. The van der Waals surface area contributed by atoms with Crippen molar-refractivity contribution in [3.63, 3.8) is 0 Å². The van der Waals surface area contributed by atoms with Gasteiger partial charge in [0.25, 0.3) is 0 Å². The highest BCUT2D eigenvalue weighted by atomic mass is 35.5. The van der Waals surface area contributed by atoms with E-state index in [4.69, 9.17) is 34.8 Å². The van der Waals surface area contributed by atoms with Gasteiger partial charge in [-0.25, -0.2) is 0 Å². The number of aromatic nitrogens is 1. The van der Waals surface area contributed by atoms with Crippen molar-refractivity contribution < 1.29 is 4.79 Å². The molecule has 2 N–H and O–H groups in total. The molecule has 1 saturated heterocycles. The lowest BCUT2D eigenvalue weighted by molar-refractivity contribution is -0.126. The minimum atomic E-state index is 0.00618. The number of rotatable bonds is 8. The number of carbonyl (C=O) groups excluding carboxylic acids is 1. The van der Waals surface area contributed by atoms with Crippen molar-refractivity contribution in [2.45, 2.75) is 25.8 Å². The molecule has 1 atom stereocenters. The van der Waals surface area contributed by atoms with Crippen LogP contribution in [0.1, 0.15) is 24.8 Å². The van der Waals surface area contributed by atoms with E-state index in [0.29, 0.717) is 21.6 Å². The highest BCUT2D eigenvalue weighted by molar-refractivity contribution is 6.35. The van der Waals surface area contributed by atoms with Crippen molar-refractivity contribution in [3.8, 4) is 0 Å². The van der Waals surface area contributed by atoms with E-state index in [1.807, 2.05) is 36.4 Å². The third-order valence-corrected chi connectivity index (χ3v) is 6.78. The summed E-state index contributed by atoms with van der Waals surface area (Å²) in [6.07, 6.45) is 4.53. The number of anilines is 1. The Bertz CT molecular complexity index is 1120. The first-order valence-electron chi connectivity index (χ1n) is 11.2. The summed E-state index contributed by atoms with van der Waals surface area (Å²) in [4.78, 5) is 19.4. The normalized spacial score (nSPS) is 16.6. The van der Waals surface area contributed by atoms with E-state index in [1.54, 1.807) is 12.3 Å². The fraction of sp³-hybridized carbons (Fsp3) is 0.360. The highest BCUT2D eigenvalue weighted by Gasteiger charge is 2.25. The Morgan fingerprint density at radius 2 is 1.88 bits per heavy atom. The lowest BCUT2D eigenvalue weighted by Crippen LogP contribution is -2.43. The smallest absolute Gasteiger partial charge is 0.224 e. The molecule has 8 heteroatoms. The van der Waals surface area contributed by atoms with Crippen LogP contribution in [0.25, 0.3) is 10.9 Å². The Morgan fingerprint density at radius 1 is 1.06 bits per heavy atom. The number of nitrogens with one attached hydrogen (secondary N) is 2. The summed E-state index contributed by atoms with van der Waals surface area (Å²) in [6, 6.07) is 13.2. The summed E-state index contributed by atoms with van der Waals surface area (Å²) < 4.78 is 0. The van der Waals surface area contributed by atoms with Gasteiger partial charge in [0.1, 0.15) is 0 Å². The molecule has 1 aliphatic heterocycles. The number of carbonyl (C=O) groups is 1. The van der Waals surface area contributed by atoms with Crippen LogP contribution in [0, 0.1) is 5.92 Å². The minimum absolute atomic E-state index is 0.00618. The molecular weight excluding hydrogens is 479 g/mol. The van der Waals surface area contributed by atoms with Gasteiger partial charge in [0.05, 0.1) is 11.4 Å². The second-order valence-electron chi connectivity index (χ2n) is 8.40. The predicted octanol–water partition coefficient (Wildman–Crippen LogP) is 6.03. The van der Waals surface area contributed by atoms with E-state index in [2.05, 4.69) is 20.5 Å². The van der Waals surface area contributed by atoms with Crippen LogP contribution in [-0.4, -0.2) is 42.0 Å². The van der Waals surface area contributed by atoms with Crippen LogP contribution in [-0.2, 0) is 11.3 Å². The Morgan fingerprint density at radius 3 is 2.73 bits per heavy atom. The lowest BCUT2D eigenvalue weighted by Gasteiger charge is -2.32. The Hall–Kier alpha value is -2.05. The average molecular weight is 506 g/mol. The van der Waals surface area contributed by atoms with Gasteiger partial charge in [0.15, 0.2) is 0 Å². The largest absolute Gasteiger partial charge is 0.384 e. The fourth-order valence-corrected chi connectivity index (χ4v) is 4.88. The number of nitrogens with zero attached hydrogens (tertiary/aromatic N) is 2. The average Bonchev–Trinajstić information content (AvgIpc) is 2.80. The molecular formula is C25H27Cl3N4O. The third-order valence-electron chi connectivity index (χ3n) is 5.96. The van der Waals surface area contributed by atoms with Gasteiger partial charge in [-0.1, -0.05) is 40.9 Å². The minimum Gasteiger partial charge on any atom is -0.384 e. The quantitative estimate of drug-likeness (QED) is 0.367. The zero-order valence-corrected chi connectivity index (χ0v) is 20.6. The molecule has 2 aromatic carbocycles. The molecule has 33 heavy (non-hydrogen) atoms. The van der Waals surface area contributed by atoms with Crippen LogP contribution in [0.2, 0.25) is 15.1 Å². The second kappa shape index (κ2) is 11.4. The lowest BCUT2D eigenvalue weighted by atomic mass is 9.96. The monoisotopic (exact) mass is 504 g/mol. The molecule has 0 bridgehead atoms. The summed E-state index contributed by atoms with van der Waals surface area (Å²) in [7, 11) is 0. The maximum atomic E-state index is 12.7. The standard InChI is InChI=1S/C25H27Cl3N4O/c26-19-5-4-17(22(28)13-19)15-32-12-1-3-18(16-32)25(33)31-10-2-9-29-23-8-11-30-24-14-20(27)6-7-21(23)24/h4-8,11,13-14,18H,1-3,9-10,12,15-16H2,(H,29,30)(H,31,33)/t18-/m1/s1. The van der Waals surface area contributed by atoms with Gasteiger partial charge in [0.2, 0.25) is 5.91 Å². The van der Waals surface area contributed by atoms with Crippen LogP contribution < -0.4 is 10.6 Å². The molecule has 0 unspecified atom stereocenters. The number of benzene rings is 2. The van der Waals surface area contributed by atoms with E-state index in [0.717, 1.165) is 67.6 Å². The number of amides is 1. The molecule has 1 aromatic heterocycles. The van der Waals surface area contributed by atoms with E-state index < -0.39 is 0 Å². The summed E-state index contributed by atoms with van der Waals surface area (Å²) in [5.41, 5.74) is 2.92. The molecule has 1 fully saturated rings. The summed E-state index contributed by atoms with van der Waals surface area (Å²) >= 11 is 18.4. The molecule has 0 spiro atoms. The molecule has 5 nitrogen and oxygen atoms in total. The molecule has 0 saturated carbocycles. The summed E-state index contributed by atoms with van der Waals surface area (Å²) in [6.45, 7) is 3.84. The molecule has 2 heterocycles. The van der Waals surface area contributed by atoms with Gasteiger partial charge in [-0.2, -0.15) is 0 Å². The maximum absolute atomic E-state index is 12.7. The molecule has 1 amide bonds. The third kappa shape index (κ3) is 6.51. The molecule has 3 aromatic rings. The van der Waals surface area contributed by atoms with E-state index in [9.17, 15) is 4.79 Å². The van der Waals surface area contributed by atoms with Gasteiger partial charge in [-0.15, -0.1) is 0 Å². The zero-order valence-electron chi connectivity index (χ0n) is 18.3. The molecule has 1 aliphatic rings. The van der Waals surface area contributed by atoms with Crippen molar-refractivity contribution in [1.29, 1.82) is 0 Å². The predicted molar refractivity (Wildman–Crippen MR) is 137 cm³/mol. The van der Waals surface area contributed by atoms with E-state index in [1.165, 1.54) is 0 Å². The molecule has 174 valence electrons. The van der Waals surface area contributed by atoms with Crippen LogP contribution >= 0.6 is 34.8 Å². The highest BCUT2D eigenvalue weighted by Crippen LogP contribution is 2.26. The Kier molecular flexibility index (Phi) is 8.31. The Labute approximate surface area is 209 Å². The number of pyridine rings is 1. The van der Waals surface area contributed by atoms with Gasteiger partial charge in [-0.3, -0.25) is 14.7 Å². The Balaban J connectivity index is 1.21. The van der Waals surface area contributed by atoms with Gasteiger partial charge < -0.3 is 10.6 Å². The van der Waals surface area contributed by atoms with Crippen LogP contribution in [0.3, 0.4) is 0 Å². The zero-order chi connectivity index (χ0) is 23.2. The van der Waals surface area contributed by atoms with E-state index >= 15 is 0 Å². The summed E-state index contributed by atoms with van der Waals surface area (Å²) in [5.74, 6) is 0.137. The van der Waals surface area contributed by atoms with Gasteiger partial charge >= 0.3 is 0 Å². The van der Waals surface area contributed by atoms with E-state index in [-0.39, 0.29) is 11.8 Å². The first-order chi connectivity index (χ1) is 16.0. The topological polar surface area (TPSA) is 57.3 Å². The van der Waals surface area contributed by atoms with Gasteiger partial charge in [0, 0.05) is 58.5 Å². The number of hydrogen-bond acceptors (Lipinski definition) is 4. The van der Waals surface area contributed by atoms with Crippen molar-refractivity contribution in [2.75, 3.05) is 31.5 Å². The van der Waals surface area contributed by atoms with Crippen LogP contribution in [0.15, 0.2) is 48.7 Å². The molecule has 0 radical (unpaired) electrons. The first-order valence-corrected chi connectivity index (χ1v) is 12.3. The molecule has 4 rings (SSSR count). The molecule has 0 aliphatic carbocycles. The number of piperidine rings is 1. The second-order valence-corrected chi connectivity index (χ2v) is 9.68. The van der Waals surface area contributed by atoms with Crippen LogP contribution in [0.5, 0.6) is 0 Å². The van der Waals surface area contributed by atoms with Crippen molar-refractivity contribution in [2.24, 2.45) is 5.92 Å². The number of hydrogen-bond donors (Lipinski definition) is 2. The first kappa shape index (κ1) is 24.1. The summed E-state index contributed by atoms with van der Waals surface area (Å²) in [5, 5.41) is 9.56.